The van der Waals surface area contributed by atoms with Gasteiger partial charge in [-0.3, -0.25) is 0 Å². The first-order valence-electron chi connectivity index (χ1n) is 27.8. The number of aromatic carboxylic acids is 4. The molecule has 1 atom stereocenters. The average Bonchev–Trinajstić information content (AvgIpc) is 1.38. The lowest BCUT2D eigenvalue weighted by Crippen LogP contribution is -1.98. The summed E-state index contributed by atoms with van der Waals surface area (Å²) in [6.45, 7) is 2.06. The van der Waals surface area contributed by atoms with Crippen molar-refractivity contribution in [2.45, 2.75) is 61.3 Å². The maximum Gasteiger partial charge on any atom is 0.359 e. The van der Waals surface area contributed by atoms with E-state index in [4.69, 9.17) is 20.4 Å². The summed E-state index contributed by atoms with van der Waals surface area (Å²) in [5, 5.41) is 76.6. The van der Waals surface area contributed by atoms with Gasteiger partial charge in [-0.1, -0.05) is 168 Å². The Hall–Kier alpha value is -10.3. The molecule has 4 aromatic heterocycles. The lowest BCUT2D eigenvalue weighted by Gasteiger charge is -2.06. The van der Waals surface area contributed by atoms with Gasteiger partial charge in [-0.15, -0.1) is 40.8 Å². The van der Waals surface area contributed by atoms with E-state index >= 15 is 0 Å². The molecule has 0 aliphatic carbocycles. The standard InChI is InChI=1S/C17H15N3O2S2.2C16H13N3O4S2.C16H13N3O2S/c1-24(2)14-9-5-12(6-10-14)11-3-7-13(8-4-11)23-16-15(17(21)22)18-20-19-16;2*1-25(22,23)13-8-4-11(5-9-13)10-2-6-12(7-3-10)24-15-14(16(20)21)17-19-18-15;1-10-2-4-11(5-3-10)12-6-8-13(9-7-12)22-15-14(16(20)21)17-19-18-15/h3-10H,1H2,2H3,(H,21,22)(H,18,19,20);2*2-9H,1H3,(H,20,21)(H,17,18,19);2-9H,1H3,(H,20,21)(H,17,18,19). The molecule has 4 heterocycles. The van der Waals surface area contributed by atoms with Crippen molar-refractivity contribution in [2.75, 3.05) is 18.8 Å². The summed E-state index contributed by atoms with van der Waals surface area (Å²) in [5.41, 5.74) is 8.96. The monoisotopic (exact) mass is 1420 g/mol. The normalized spacial score (nSPS) is 11.4. The number of carboxylic acids is 4. The molecule has 0 amide bonds. The summed E-state index contributed by atoms with van der Waals surface area (Å²) in [4.78, 5) is 49.3. The van der Waals surface area contributed by atoms with E-state index in [9.17, 15) is 36.0 Å². The second-order valence-electron chi connectivity index (χ2n) is 20.3. The Balaban J connectivity index is 0.000000150. The van der Waals surface area contributed by atoms with Gasteiger partial charge in [-0.2, -0.15) is 31.3 Å². The SMILES string of the molecule is C=S(C)c1ccc(-c2ccc(Sc3n[nH]nc3C(=O)O)cc2)cc1.CS(=O)(=O)c1ccc(-c2ccc(Sc3n[nH]nc3C(=O)O)cc2)cc1.CS(=O)(=O)c1ccc(-c2ccc(Sc3n[nH]nc3C(=O)O)cc2)cc1.Cc1ccc(-c2ccc(Sc3n[nH]nc3C(=O)O)cc2)cc1. The summed E-state index contributed by atoms with van der Waals surface area (Å²) in [6, 6.07) is 60.6. The second-order valence-corrected chi connectivity index (χ2v) is 30.3. The van der Waals surface area contributed by atoms with Gasteiger partial charge in [-0.05, 0) is 143 Å². The Morgan fingerprint density at radius 1 is 0.344 bits per heavy atom. The van der Waals surface area contributed by atoms with Gasteiger partial charge in [0.05, 0.1) is 9.79 Å². The highest BCUT2D eigenvalue weighted by Gasteiger charge is 2.20. The maximum atomic E-state index is 11.5. The predicted octanol–water partition coefficient (Wildman–Crippen LogP) is 13.1. The lowest BCUT2D eigenvalue weighted by molar-refractivity contribution is 0.0676. The summed E-state index contributed by atoms with van der Waals surface area (Å²) in [6.07, 6.45) is 4.43. The third kappa shape index (κ3) is 19.0. The minimum Gasteiger partial charge on any atom is -0.476 e. The molecule has 8 N–H and O–H groups in total. The molecule has 12 rings (SSSR count). The minimum absolute atomic E-state index is 0.0107. The molecule has 31 heteroatoms. The molecule has 96 heavy (non-hydrogen) atoms. The van der Waals surface area contributed by atoms with Gasteiger partial charge in [0.1, 0.15) is 0 Å². The third-order valence-electron chi connectivity index (χ3n) is 13.4. The summed E-state index contributed by atoms with van der Waals surface area (Å²) in [7, 11) is -6.42. The van der Waals surface area contributed by atoms with Crippen LogP contribution in [-0.4, -0.2) is 147 Å². The zero-order valence-corrected chi connectivity index (χ0v) is 56.4. The van der Waals surface area contributed by atoms with E-state index in [1.54, 1.807) is 48.5 Å². The van der Waals surface area contributed by atoms with Gasteiger partial charge >= 0.3 is 23.9 Å². The van der Waals surface area contributed by atoms with Crippen LogP contribution in [0.1, 0.15) is 47.5 Å². The number of rotatable bonds is 19. The number of aromatic nitrogens is 12. The molecule has 0 spiro atoms. The van der Waals surface area contributed by atoms with E-state index in [0.29, 0.717) is 10.1 Å². The number of H-pyrrole nitrogens is 4. The highest BCUT2D eigenvalue weighted by molar-refractivity contribution is 8.13. The molecule has 0 aliphatic heterocycles. The molecule has 0 aliphatic rings. The van der Waals surface area contributed by atoms with Crippen LogP contribution in [-0.2, 0) is 19.7 Å². The van der Waals surface area contributed by atoms with Crippen molar-refractivity contribution < 1.29 is 56.4 Å². The number of nitrogens with zero attached hydrogens (tertiary/aromatic N) is 8. The number of hydrogen-bond donors (Lipinski definition) is 8. The van der Waals surface area contributed by atoms with Crippen LogP contribution in [0.5, 0.6) is 0 Å². The molecule has 0 fully saturated rings. The quantitative estimate of drug-likeness (QED) is 0.0349. The zero-order valence-electron chi connectivity index (χ0n) is 50.7. The number of carbonyl (C=O) groups is 4. The second kappa shape index (κ2) is 31.8. The predicted molar refractivity (Wildman–Crippen MR) is 367 cm³/mol. The van der Waals surface area contributed by atoms with Gasteiger partial charge in [0, 0.05) is 37.0 Å². The smallest absolute Gasteiger partial charge is 0.359 e. The van der Waals surface area contributed by atoms with Gasteiger partial charge in [0.25, 0.3) is 0 Å². The van der Waals surface area contributed by atoms with Crippen LogP contribution >= 0.6 is 57.5 Å². The van der Waals surface area contributed by atoms with Crippen molar-refractivity contribution in [1.29, 1.82) is 0 Å². The summed E-state index contributed by atoms with van der Waals surface area (Å²) < 4.78 is 46.0. The highest BCUT2D eigenvalue weighted by atomic mass is 32.2. The topological polar surface area (TPSA) is 384 Å². The molecule has 1 unspecified atom stereocenters. The van der Waals surface area contributed by atoms with Crippen LogP contribution < -0.4 is 0 Å². The van der Waals surface area contributed by atoms with Gasteiger partial charge in [0.2, 0.25) is 22.8 Å². The Kier molecular flexibility index (Phi) is 23.2. The van der Waals surface area contributed by atoms with Crippen molar-refractivity contribution in [3.8, 4) is 44.5 Å². The number of aryl methyl sites for hydroxylation is 1. The molecule has 24 nitrogen and oxygen atoms in total. The number of sulfone groups is 2. The Morgan fingerprint density at radius 2 is 0.542 bits per heavy atom. The Labute approximate surface area is 568 Å². The number of benzene rings is 8. The lowest BCUT2D eigenvalue weighted by atomic mass is 10.0. The van der Waals surface area contributed by atoms with Crippen LogP contribution in [0.25, 0.3) is 44.5 Å². The molecule has 0 saturated heterocycles. The van der Waals surface area contributed by atoms with Crippen LogP contribution in [0.2, 0.25) is 0 Å². The molecule has 0 bridgehead atoms. The molecular weight excluding hydrogens is 1370 g/mol. The van der Waals surface area contributed by atoms with Crippen molar-refractivity contribution >= 4 is 107 Å². The van der Waals surface area contributed by atoms with Crippen LogP contribution in [0.4, 0.5) is 0 Å². The van der Waals surface area contributed by atoms with Crippen LogP contribution in [0, 0.1) is 6.92 Å². The van der Waals surface area contributed by atoms with E-state index in [0.717, 1.165) is 64.1 Å². The van der Waals surface area contributed by atoms with E-state index in [2.05, 4.69) is 129 Å². The Morgan fingerprint density at radius 3 is 0.740 bits per heavy atom. The maximum absolute atomic E-state index is 11.5. The first-order chi connectivity index (χ1) is 45.9. The first-order valence-corrected chi connectivity index (χ1v) is 36.6. The average molecular weight is 1420 g/mol. The van der Waals surface area contributed by atoms with Crippen molar-refractivity contribution in [3.05, 3.63) is 222 Å². The number of nitrogens with one attached hydrogen (secondary N) is 4. The fraction of sp³-hybridized carbons (Fsp3) is 0.0615. The molecule has 0 saturated carbocycles. The van der Waals surface area contributed by atoms with E-state index in [1.165, 1.54) is 70.0 Å². The number of carboxylic acid groups (broad SMARTS) is 4. The molecule has 0 radical (unpaired) electrons. The van der Waals surface area contributed by atoms with E-state index in [-0.39, 0.29) is 53.1 Å². The van der Waals surface area contributed by atoms with Crippen molar-refractivity contribution in [1.82, 2.24) is 61.6 Å². The molecule has 488 valence electrons. The van der Waals surface area contributed by atoms with Gasteiger partial charge in [-0.25, -0.2) is 36.0 Å². The third-order valence-corrected chi connectivity index (χ3v) is 20.6. The Bertz CT molecular complexity index is 4790. The minimum atomic E-state index is -3.22. The molecular formula is C65H54N12O12S7. The summed E-state index contributed by atoms with van der Waals surface area (Å²) >= 11 is 4.92. The highest BCUT2D eigenvalue weighted by Crippen LogP contribution is 2.35. The molecule has 8 aromatic carbocycles. The fourth-order valence-electron chi connectivity index (χ4n) is 8.45. The van der Waals surface area contributed by atoms with E-state index < -0.39 is 43.6 Å². The van der Waals surface area contributed by atoms with Crippen LogP contribution in [0.15, 0.2) is 248 Å². The van der Waals surface area contributed by atoms with Gasteiger partial charge in [0.15, 0.2) is 39.8 Å². The van der Waals surface area contributed by atoms with E-state index in [1.807, 2.05) is 97.1 Å². The number of hydrogen-bond acceptors (Lipinski definition) is 20. The zero-order chi connectivity index (χ0) is 68.7. The van der Waals surface area contributed by atoms with Gasteiger partial charge < -0.3 is 20.4 Å². The largest absolute Gasteiger partial charge is 0.476 e. The van der Waals surface area contributed by atoms with Crippen LogP contribution in [0.3, 0.4) is 0 Å². The first kappa shape index (κ1) is 70.0. The fourth-order valence-corrected chi connectivity index (χ4v) is 13.6. The van der Waals surface area contributed by atoms with Crippen molar-refractivity contribution in [3.63, 3.8) is 0 Å². The summed E-state index contributed by atoms with van der Waals surface area (Å²) in [5.74, 6) is -0.417. The molecule has 12 aromatic rings. The number of aromatic amines is 4. The van der Waals surface area contributed by atoms with Crippen molar-refractivity contribution in [2.24, 2.45) is 0 Å².